The van der Waals surface area contributed by atoms with Crippen LogP contribution in [0, 0.1) is 5.92 Å². The Kier molecular flexibility index (Phi) is 7.60. The van der Waals surface area contributed by atoms with E-state index in [4.69, 9.17) is 4.74 Å². The zero-order chi connectivity index (χ0) is 21.6. The molecule has 0 saturated carbocycles. The second-order valence-electron chi connectivity index (χ2n) is 7.37. The molecule has 0 bridgehead atoms. The number of ether oxygens (including phenoxy) is 1. The fourth-order valence-electron chi connectivity index (χ4n) is 2.86. The van der Waals surface area contributed by atoms with Gasteiger partial charge in [-0.05, 0) is 31.4 Å². The molecule has 0 aliphatic carbocycles. The van der Waals surface area contributed by atoms with Gasteiger partial charge in [0.1, 0.15) is 6.04 Å². The van der Waals surface area contributed by atoms with Crippen molar-refractivity contribution in [2.24, 2.45) is 5.92 Å². The Morgan fingerprint density at radius 1 is 1.10 bits per heavy atom. The second-order valence-corrected chi connectivity index (χ2v) is 9.60. The number of carbonyl (C=O) groups is 3. The number of nitrogens with one attached hydrogen (secondary N) is 3. The molecule has 3 atom stereocenters. The van der Waals surface area contributed by atoms with Crippen LogP contribution in [0.1, 0.15) is 27.2 Å². The molecule has 1 heterocycles. The van der Waals surface area contributed by atoms with Crippen molar-refractivity contribution in [3.8, 4) is 0 Å². The number of anilines is 1. The number of sulfone groups is 1. The van der Waals surface area contributed by atoms with Gasteiger partial charge >= 0.3 is 12.0 Å². The summed E-state index contributed by atoms with van der Waals surface area (Å²) in [5, 5.41) is 7.76. The fourth-order valence-corrected chi connectivity index (χ4v) is 4.53. The molecule has 0 radical (unpaired) electrons. The maximum atomic E-state index is 12.5. The lowest BCUT2D eigenvalue weighted by atomic mass is 10.0. The summed E-state index contributed by atoms with van der Waals surface area (Å²) < 4.78 is 28.2. The SMILES string of the molecule is CC(C)[C@@H](NC(=O)Nc1ccccc1)C(=O)O[C@H](C)C(=O)N[C@@H]1CCS(=O)(=O)C1. The quantitative estimate of drug-likeness (QED) is 0.560. The summed E-state index contributed by atoms with van der Waals surface area (Å²) in [4.78, 5) is 36.9. The number of esters is 1. The lowest BCUT2D eigenvalue weighted by Gasteiger charge is -2.23. The fraction of sp³-hybridized carbons (Fsp3) is 0.526. The molecule has 1 aliphatic rings. The van der Waals surface area contributed by atoms with E-state index in [0.717, 1.165) is 0 Å². The third kappa shape index (κ3) is 7.04. The van der Waals surface area contributed by atoms with Crippen LogP contribution in [0.25, 0.3) is 0 Å². The van der Waals surface area contributed by atoms with E-state index in [9.17, 15) is 22.8 Å². The minimum Gasteiger partial charge on any atom is -0.451 e. The van der Waals surface area contributed by atoms with Crippen LogP contribution in [0.2, 0.25) is 0 Å². The molecule has 160 valence electrons. The molecule has 0 spiro atoms. The molecule has 1 aromatic rings. The van der Waals surface area contributed by atoms with Gasteiger partial charge in [-0.1, -0.05) is 32.0 Å². The molecule has 1 aliphatic heterocycles. The van der Waals surface area contributed by atoms with Crippen LogP contribution in [0.4, 0.5) is 10.5 Å². The molecule has 0 aromatic heterocycles. The van der Waals surface area contributed by atoms with E-state index in [2.05, 4.69) is 16.0 Å². The van der Waals surface area contributed by atoms with E-state index in [1.54, 1.807) is 38.1 Å². The first kappa shape index (κ1) is 22.7. The molecule has 3 amide bonds. The van der Waals surface area contributed by atoms with Gasteiger partial charge < -0.3 is 20.7 Å². The zero-order valence-electron chi connectivity index (χ0n) is 16.7. The highest BCUT2D eigenvalue weighted by atomic mass is 32.2. The van der Waals surface area contributed by atoms with Crippen LogP contribution in [-0.2, 0) is 24.2 Å². The summed E-state index contributed by atoms with van der Waals surface area (Å²) in [6.45, 7) is 4.88. The van der Waals surface area contributed by atoms with E-state index in [1.165, 1.54) is 6.92 Å². The summed E-state index contributed by atoms with van der Waals surface area (Å²) in [5.41, 5.74) is 0.570. The van der Waals surface area contributed by atoms with Crippen LogP contribution >= 0.6 is 0 Å². The van der Waals surface area contributed by atoms with Gasteiger partial charge in [0.15, 0.2) is 15.9 Å². The molecule has 1 saturated heterocycles. The average molecular weight is 426 g/mol. The van der Waals surface area contributed by atoms with Gasteiger partial charge in [0.2, 0.25) is 0 Å². The topological polar surface area (TPSA) is 131 Å². The van der Waals surface area contributed by atoms with Crippen molar-refractivity contribution < 1.29 is 27.5 Å². The summed E-state index contributed by atoms with van der Waals surface area (Å²) in [6.07, 6.45) is -0.782. The number of urea groups is 1. The number of carbonyl (C=O) groups excluding carboxylic acids is 3. The molecule has 29 heavy (non-hydrogen) atoms. The van der Waals surface area contributed by atoms with Crippen molar-refractivity contribution in [1.29, 1.82) is 0 Å². The molecular weight excluding hydrogens is 398 g/mol. The standard InChI is InChI=1S/C19H27N3O6S/c1-12(2)16(22-19(25)21-14-7-5-4-6-8-14)18(24)28-13(3)17(23)20-15-9-10-29(26,27)11-15/h4-8,12-13,15-16H,9-11H2,1-3H3,(H,20,23)(H2,21,22,25)/t13-,15-,16-/m1/s1. The average Bonchev–Trinajstić information content (AvgIpc) is 2.98. The van der Waals surface area contributed by atoms with Crippen molar-refractivity contribution in [2.75, 3.05) is 16.8 Å². The Morgan fingerprint density at radius 3 is 2.31 bits per heavy atom. The van der Waals surface area contributed by atoms with Gasteiger partial charge in [0, 0.05) is 11.7 Å². The first-order chi connectivity index (χ1) is 13.6. The molecule has 9 nitrogen and oxygen atoms in total. The van der Waals surface area contributed by atoms with Gasteiger partial charge in [-0.25, -0.2) is 18.0 Å². The number of amides is 3. The second kappa shape index (κ2) is 9.73. The maximum absolute atomic E-state index is 12.5. The summed E-state index contributed by atoms with van der Waals surface area (Å²) in [7, 11) is -3.13. The number of para-hydroxylation sites is 1. The predicted molar refractivity (Wildman–Crippen MR) is 108 cm³/mol. The Bertz CT molecular complexity index is 841. The smallest absolute Gasteiger partial charge is 0.329 e. The predicted octanol–water partition coefficient (Wildman–Crippen LogP) is 1.07. The van der Waals surface area contributed by atoms with Gasteiger partial charge in [-0.15, -0.1) is 0 Å². The Labute approximate surface area is 170 Å². The lowest BCUT2D eigenvalue weighted by Crippen LogP contribution is -2.49. The Hall–Kier alpha value is -2.62. The first-order valence-electron chi connectivity index (χ1n) is 9.41. The third-order valence-corrected chi connectivity index (χ3v) is 6.25. The van der Waals surface area contributed by atoms with Crippen molar-refractivity contribution in [3.63, 3.8) is 0 Å². The molecule has 1 aromatic carbocycles. The van der Waals surface area contributed by atoms with Gasteiger partial charge in [0.05, 0.1) is 11.5 Å². The summed E-state index contributed by atoms with van der Waals surface area (Å²) in [6, 6.07) is 6.74. The molecule has 2 rings (SSSR count). The monoisotopic (exact) mass is 425 g/mol. The van der Waals surface area contributed by atoms with Crippen LogP contribution in [0.15, 0.2) is 30.3 Å². The highest BCUT2D eigenvalue weighted by Crippen LogP contribution is 2.12. The van der Waals surface area contributed by atoms with Crippen LogP contribution in [0.3, 0.4) is 0 Å². The third-order valence-electron chi connectivity index (χ3n) is 4.48. The maximum Gasteiger partial charge on any atom is 0.329 e. The first-order valence-corrected chi connectivity index (χ1v) is 11.2. The minimum absolute atomic E-state index is 0.0297. The van der Waals surface area contributed by atoms with E-state index in [0.29, 0.717) is 12.1 Å². The van der Waals surface area contributed by atoms with Gasteiger partial charge in [0.25, 0.3) is 5.91 Å². The van der Waals surface area contributed by atoms with E-state index >= 15 is 0 Å². The Balaban J connectivity index is 1.89. The van der Waals surface area contributed by atoms with E-state index in [1.807, 2.05) is 6.07 Å². The van der Waals surface area contributed by atoms with Gasteiger partial charge in [-0.2, -0.15) is 0 Å². The van der Waals surface area contributed by atoms with Crippen LogP contribution in [0.5, 0.6) is 0 Å². The molecule has 3 N–H and O–H groups in total. The highest BCUT2D eigenvalue weighted by molar-refractivity contribution is 7.91. The van der Waals surface area contributed by atoms with Crippen molar-refractivity contribution in [1.82, 2.24) is 10.6 Å². The van der Waals surface area contributed by atoms with Crippen LogP contribution in [-0.4, -0.2) is 56.0 Å². The molecule has 0 unspecified atom stereocenters. The molecular formula is C19H27N3O6S. The number of rotatable bonds is 7. The van der Waals surface area contributed by atoms with E-state index < -0.39 is 45.9 Å². The van der Waals surface area contributed by atoms with Crippen LogP contribution < -0.4 is 16.0 Å². The number of benzene rings is 1. The summed E-state index contributed by atoms with van der Waals surface area (Å²) >= 11 is 0. The number of hydrogen-bond donors (Lipinski definition) is 3. The highest BCUT2D eigenvalue weighted by Gasteiger charge is 2.32. The Morgan fingerprint density at radius 2 is 1.76 bits per heavy atom. The minimum atomic E-state index is -3.13. The van der Waals surface area contributed by atoms with Crippen molar-refractivity contribution in [2.45, 2.75) is 45.4 Å². The summed E-state index contributed by atoms with van der Waals surface area (Å²) in [5.74, 6) is -1.68. The molecule has 10 heteroatoms. The van der Waals surface area contributed by atoms with Crippen molar-refractivity contribution in [3.05, 3.63) is 30.3 Å². The normalized spacial score (nSPS) is 19.8. The van der Waals surface area contributed by atoms with Crippen molar-refractivity contribution >= 4 is 33.4 Å². The molecule has 1 fully saturated rings. The number of hydrogen-bond acceptors (Lipinski definition) is 6. The van der Waals surface area contributed by atoms with E-state index in [-0.39, 0.29) is 17.4 Å². The largest absolute Gasteiger partial charge is 0.451 e. The van der Waals surface area contributed by atoms with Gasteiger partial charge in [-0.3, -0.25) is 4.79 Å². The lowest BCUT2D eigenvalue weighted by molar-refractivity contribution is -0.157. The zero-order valence-corrected chi connectivity index (χ0v) is 17.5.